The van der Waals surface area contributed by atoms with Gasteiger partial charge in [0.1, 0.15) is 5.76 Å². The highest BCUT2D eigenvalue weighted by molar-refractivity contribution is 8.00. The van der Waals surface area contributed by atoms with E-state index in [9.17, 15) is 0 Å². The first-order valence-electron chi connectivity index (χ1n) is 4.35. The smallest absolute Gasteiger partial charge is 0.114 e. The van der Waals surface area contributed by atoms with Gasteiger partial charge >= 0.3 is 0 Å². The lowest BCUT2D eigenvalue weighted by atomic mass is 10.3. The van der Waals surface area contributed by atoms with Crippen LogP contribution >= 0.6 is 11.8 Å². The minimum Gasteiger partial charge on any atom is -0.468 e. The van der Waals surface area contributed by atoms with E-state index in [1.807, 2.05) is 13.0 Å². The van der Waals surface area contributed by atoms with Crippen molar-refractivity contribution in [3.05, 3.63) is 18.1 Å². The summed E-state index contributed by atoms with van der Waals surface area (Å²) in [6, 6.07) is 4.16. The summed E-state index contributed by atoms with van der Waals surface area (Å²) in [5, 5.41) is 8.97. The third kappa shape index (κ3) is 2.82. The Labute approximate surface area is 82.9 Å². The first-order chi connectivity index (χ1) is 6.27. The highest BCUT2D eigenvalue weighted by Crippen LogP contribution is 2.30. The lowest BCUT2D eigenvalue weighted by Gasteiger charge is -2.08. The molecule has 0 aliphatic rings. The van der Waals surface area contributed by atoms with Gasteiger partial charge in [0.25, 0.3) is 0 Å². The molecular formula is C10H13NOS. The average molecular weight is 195 g/mol. The van der Waals surface area contributed by atoms with E-state index in [-0.39, 0.29) is 0 Å². The fourth-order valence-corrected chi connectivity index (χ4v) is 2.08. The van der Waals surface area contributed by atoms with Crippen LogP contribution in [0, 0.1) is 18.3 Å². The van der Waals surface area contributed by atoms with E-state index in [0.29, 0.717) is 11.7 Å². The minimum atomic E-state index is 0.390. The van der Waals surface area contributed by atoms with Gasteiger partial charge in [-0.25, -0.2) is 0 Å². The fraction of sp³-hybridized carbons (Fsp3) is 0.500. The summed E-state index contributed by atoms with van der Waals surface area (Å²) < 4.78 is 5.18. The summed E-state index contributed by atoms with van der Waals surface area (Å²) >= 11 is 1.73. The molecular weight excluding hydrogens is 182 g/mol. The normalized spacial score (nSPS) is 12.4. The van der Waals surface area contributed by atoms with Crippen molar-refractivity contribution in [3.8, 4) is 6.07 Å². The highest BCUT2D eigenvalue weighted by atomic mass is 32.2. The van der Waals surface area contributed by atoms with E-state index >= 15 is 0 Å². The lowest BCUT2D eigenvalue weighted by Crippen LogP contribution is -1.98. The van der Waals surface area contributed by atoms with Crippen LogP contribution in [0.1, 0.15) is 25.5 Å². The summed E-state index contributed by atoms with van der Waals surface area (Å²) in [4.78, 5) is 1.15. The number of furan rings is 1. The van der Waals surface area contributed by atoms with Crippen LogP contribution in [0.15, 0.2) is 21.6 Å². The van der Waals surface area contributed by atoms with E-state index in [2.05, 4.69) is 13.0 Å². The molecule has 2 nitrogen and oxygen atoms in total. The van der Waals surface area contributed by atoms with Crippen LogP contribution in [-0.2, 0) is 0 Å². The van der Waals surface area contributed by atoms with Crippen LogP contribution in [0.5, 0.6) is 0 Å². The molecule has 0 saturated carbocycles. The monoisotopic (exact) mass is 195 g/mol. The van der Waals surface area contributed by atoms with E-state index in [1.54, 1.807) is 18.0 Å². The van der Waals surface area contributed by atoms with Crippen LogP contribution in [-0.4, -0.2) is 5.25 Å². The molecule has 0 radical (unpaired) electrons. The third-order valence-corrected chi connectivity index (χ3v) is 3.39. The molecule has 1 unspecified atom stereocenters. The number of rotatable bonds is 4. The molecule has 1 rings (SSSR count). The van der Waals surface area contributed by atoms with E-state index in [1.165, 1.54) is 0 Å². The van der Waals surface area contributed by atoms with Crippen molar-refractivity contribution in [2.75, 3.05) is 0 Å². The first-order valence-corrected chi connectivity index (χ1v) is 5.23. The summed E-state index contributed by atoms with van der Waals surface area (Å²) in [6.45, 7) is 4.05. The molecule has 0 bridgehead atoms. The Bertz CT molecular complexity index is 300. The van der Waals surface area contributed by atoms with Gasteiger partial charge < -0.3 is 4.42 Å². The summed E-state index contributed by atoms with van der Waals surface area (Å²) in [7, 11) is 0. The van der Waals surface area contributed by atoms with Crippen molar-refractivity contribution in [2.24, 2.45) is 0 Å². The van der Waals surface area contributed by atoms with E-state index in [4.69, 9.17) is 9.68 Å². The maximum Gasteiger partial charge on any atom is 0.114 e. The molecule has 0 fully saturated rings. The Morgan fingerprint density at radius 2 is 2.46 bits per heavy atom. The zero-order valence-electron chi connectivity index (χ0n) is 7.91. The zero-order valence-corrected chi connectivity index (χ0v) is 8.73. The summed E-state index contributed by atoms with van der Waals surface area (Å²) in [6.07, 6.45) is 3.31. The van der Waals surface area contributed by atoms with Gasteiger partial charge in [-0.05, 0) is 19.4 Å². The molecule has 1 heterocycles. The third-order valence-electron chi connectivity index (χ3n) is 1.88. The van der Waals surface area contributed by atoms with Gasteiger partial charge in [-0.15, -0.1) is 11.8 Å². The second-order valence-electron chi connectivity index (χ2n) is 2.85. The average Bonchev–Trinajstić information content (AvgIpc) is 2.51. The van der Waals surface area contributed by atoms with Crippen LogP contribution < -0.4 is 0 Å². The Balaban J connectivity index is 2.57. The maximum absolute atomic E-state index is 8.58. The van der Waals surface area contributed by atoms with Crippen molar-refractivity contribution < 1.29 is 4.42 Å². The summed E-state index contributed by atoms with van der Waals surface area (Å²) in [5.74, 6) is 0.946. The van der Waals surface area contributed by atoms with Crippen LogP contribution in [0.2, 0.25) is 0 Å². The van der Waals surface area contributed by atoms with Gasteiger partial charge in [0.15, 0.2) is 0 Å². The van der Waals surface area contributed by atoms with Gasteiger partial charge in [0.05, 0.1) is 12.3 Å². The largest absolute Gasteiger partial charge is 0.468 e. The van der Waals surface area contributed by atoms with Crippen molar-refractivity contribution in [3.63, 3.8) is 0 Å². The number of aryl methyl sites for hydroxylation is 1. The van der Waals surface area contributed by atoms with Crippen molar-refractivity contribution in [1.82, 2.24) is 0 Å². The molecule has 0 saturated heterocycles. The number of thioether (sulfide) groups is 1. The first kappa shape index (κ1) is 10.2. The van der Waals surface area contributed by atoms with Gasteiger partial charge in [0.2, 0.25) is 0 Å². The van der Waals surface area contributed by atoms with Crippen molar-refractivity contribution in [2.45, 2.75) is 36.8 Å². The van der Waals surface area contributed by atoms with Gasteiger partial charge in [0, 0.05) is 16.6 Å². The molecule has 1 aromatic heterocycles. The molecule has 0 aliphatic heterocycles. The fourth-order valence-electron chi connectivity index (χ4n) is 1.05. The number of nitrogens with zero attached hydrogens (tertiary/aromatic N) is 1. The molecule has 0 N–H and O–H groups in total. The molecule has 1 aromatic rings. The van der Waals surface area contributed by atoms with E-state index < -0.39 is 0 Å². The maximum atomic E-state index is 8.58. The zero-order chi connectivity index (χ0) is 9.68. The Morgan fingerprint density at radius 3 is 2.92 bits per heavy atom. The standard InChI is InChI=1S/C10H13NOS/c1-3-9(4-6-11)13-10-5-7-12-8(10)2/h5,7,9H,3-4H2,1-2H3. The quantitative estimate of drug-likeness (QED) is 0.691. The SMILES string of the molecule is CCC(CC#N)Sc1ccoc1C. The van der Waals surface area contributed by atoms with Crippen molar-refractivity contribution in [1.29, 1.82) is 5.26 Å². The molecule has 70 valence electrons. The lowest BCUT2D eigenvalue weighted by molar-refractivity contribution is 0.526. The van der Waals surface area contributed by atoms with Gasteiger partial charge in [-0.2, -0.15) is 5.26 Å². The molecule has 13 heavy (non-hydrogen) atoms. The predicted octanol–water partition coefficient (Wildman–Crippen LogP) is 3.37. The molecule has 0 aromatic carbocycles. The van der Waals surface area contributed by atoms with Gasteiger partial charge in [-0.1, -0.05) is 6.92 Å². The minimum absolute atomic E-state index is 0.390. The predicted molar refractivity (Wildman–Crippen MR) is 53.6 cm³/mol. The van der Waals surface area contributed by atoms with Crippen LogP contribution in [0.3, 0.4) is 0 Å². The molecule has 1 atom stereocenters. The Kier molecular flexibility index (Phi) is 3.91. The van der Waals surface area contributed by atoms with E-state index in [0.717, 1.165) is 17.1 Å². The Morgan fingerprint density at radius 1 is 1.69 bits per heavy atom. The highest BCUT2D eigenvalue weighted by Gasteiger charge is 2.10. The molecule has 0 aliphatic carbocycles. The number of hydrogen-bond acceptors (Lipinski definition) is 3. The Hall–Kier alpha value is -0.880. The molecule has 3 heteroatoms. The van der Waals surface area contributed by atoms with Crippen LogP contribution in [0.25, 0.3) is 0 Å². The van der Waals surface area contributed by atoms with Gasteiger partial charge in [-0.3, -0.25) is 0 Å². The number of hydrogen-bond donors (Lipinski definition) is 0. The topological polar surface area (TPSA) is 36.9 Å². The van der Waals surface area contributed by atoms with Crippen molar-refractivity contribution >= 4 is 11.8 Å². The summed E-state index contributed by atoms with van der Waals surface area (Å²) in [5.41, 5.74) is 0. The molecule has 0 spiro atoms. The second-order valence-corrected chi connectivity index (χ2v) is 4.19. The van der Waals surface area contributed by atoms with Crippen LogP contribution in [0.4, 0.5) is 0 Å². The molecule has 0 amide bonds. The second kappa shape index (κ2) is 4.98. The number of nitriles is 1.